The number of fused-ring (bicyclic) bond motifs is 1. The Labute approximate surface area is 231 Å². The number of rotatable bonds is 9. The lowest BCUT2D eigenvalue weighted by Crippen LogP contribution is -2.48. The number of methoxy groups -OCH3 is 2. The third kappa shape index (κ3) is 5.45. The van der Waals surface area contributed by atoms with Gasteiger partial charge < -0.3 is 24.3 Å². The number of pyridine rings is 2. The lowest BCUT2D eigenvalue weighted by molar-refractivity contribution is -0.127. The normalized spacial score (nSPS) is 14.0. The van der Waals surface area contributed by atoms with Crippen LogP contribution in [-0.4, -0.2) is 79.2 Å². The number of ether oxygens (including phenoxy) is 2. The summed E-state index contributed by atoms with van der Waals surface area (Å²) in [6, 6.07) is 5.20. The predicted octanol–water partition coefficient (Wildman–Crippen LogP) is 4.15. The number of halogens is 2. The molecule has 202 valence electrons. The van der Waals surface area contributed by atoms with Gasteiger partial charge in [0, 0.05) is 69.1 Å². The number of anilines is 1. The van der Waals surface area contributed by atoms with E-state index in [9.17, 15) is 9.59 Å². The Kier molecular flexibility index (Phi) is 8.81. The lowest BCUT2D eigenvalue weighted by atomic mass is 10.0. The van der Waals surface area contributed by atoms with Gasteiger partial charge in [-0.3, -0.25) is 14.5 Å². The summed E-state index contributed by atoms with van der Waals surface area (Å²) in [5, 5.41) is 4.26. The summed E-state index contributed by atoms with van der Waals surface area (Å²) in [6.45, 7) is 7.70. The Morgan fingerprint density at radius 2 is 1.74 bits per heavy atom. The van der Waals surface area contributed by atoms with Gasteiger partial charge in [-0.2, -0.15) is 0 Å². The van der Waals surface area contributed by atoms with Gasteiger partial charge in [0.2, 0.25) is 5.91 Å². The molecule has 0 aliphatic carbocycles. The Balaban J connectivity index is 1.70. The summed E-state index contributed by atoms with van der Waals surface area (Å²) >= 11 is 13.3. The topological polar surface area (TPSA) is 88.9 Å². The first kappa shape index (κ1) is 27.8. The van der Waals surface area contributed by atoms with Crippen molar-refractivity contribution in [1.29, 1.82) is 0 Å². The first-order chi connectivity index (χ1) is 18.3. The van der Waals surface area contributed by atoms with Crippen molar-refractivity contribution in [1.82, 2.24) is 19.4 Å². The maximum Gasteiger partial charge on any atom is 0.259 e. The van der Waals surface area contributed by atoms with Crippen LogP contribution >= 0.6 is 23.2 Å². The average molecular weight is 560 g/mol. The molecule has 38 heavy (non-hydrogen) atoms. The van der Waals surface area contributed by atoms with Crippen LogP contribution in [0.2, 0.25) is 10.0 Å². The predicted molar refractivity (Wildman–Crippen MR) is 152 cm³/mol. The van der Waals surface area contributed by atoms with Gasteiger partial charge in [0.15, 0.2) is 0 Å². The van der Waals surface area contributed by atoms with Gasteiger partial charge in [0.05, 0.1) is 35.3 Å². The Hall–Kier alpha value is -3.27. The zero-order chi connectivity index (χ0) is 27.4. The van der Waals surface area contributed by atoms with Gasteiger partial charge in [-0.15, -0.1) is 0 Å². The van der Waals surface area contributed by atoms with Crippen molar-refractivity contribution >= 4 is 45.8 Å². The molecule has 3 aromatic rings. The van der Waals surface area contributed by atoms with Crippen molar-refractivity contribution in [2.75, 3.05) is 59.3 Å². The average Bonchev–Trinajstić information content (AvgIpc) is 2.94. The molecule has 1 saturated heterocycles. The number of piperazine rings is 1. The summed E-state index contributed by atoms with van der Waals surface area (Å²) in [5.41, 5.74) is 1.21. The third-order valence-corrected chi connectivity index (χ3v) is 7.54. The van der Waals surface area contributed by atoms with Gasteiger partial charge in [0.25, 0.3) is 5.56 Å². The number of benzene rings is 1. The summed E-state index contributed by atoms with van der Waals surface area (Å²) in [4.78, 5) is 34.4. The monoisotopic (exact) mass is 559 g/mol. The smallest absolute Gasteiger partial charge is 0.259 e. The van der Waals surface area contributed by atoms with Crippen molar-refractivity contribution in [2.45, 2.75) is 13.0 Å². The fourth-order valence-electron chi connectivity index (χ4n) is 4.71. The van der Waals surface area contributed by atoms with Gasteiger partial charge in [-0.25, -0.2) is 4.98 Å². The first-order valence-corrected chi connectivity index (χ1v) is 13.0. The van der Waals surface area contributed by atoms with Crippen LogP contribution in [0.4, 0.5) is 5.82 Å². The first-order valence-electron chi connectivity index (χ1n) is 12.3. The van der Waals surface area contributed by atoms with Gasteiger partial charge in [-0.05, 0) is 25.1 Å². The number of nitrogens with zero attached hydrogens (tertiary/aromatic N) is 4. The molecule has 11 heteroatoms. The molecule has 9 nitrogen and oxygen atoms in total. The largest absolute Gasteiger partial charge is 0.495 e. The number of hydrogen-bond acceptors (Lipinski definition) is 7. The summed E-state index contributed by atoms with van der Waals surface area (Å²) in [5.74, 6) is 1.32. The van der Waals surface area contributed by atoms with Crippen molar-refractivity contribution in [2.24, 2.45) is 0 Å². The Morgan fingerprint density at radius 1 is 1.08 bits per heavy atom. The molecule has 2 aromatic heterocycles. The minimum atomic E-state index is -0.230. The maximum atomic E-state index is 14.0. The molecule has 0 spiro atoms. The van der Waals surface area contributed by atoms with E-state index in [1.54, 1.807) is 34.8 Å². The van der Waals surface area contributed by atoms with Crippen molar-refractivity contribution in [3.05, 3.63) is 57.4 Å². The minimum Gasteiger partial charge on any atom is -0.495 e. The highest BCUT2D eigenvalue weighted by atomic mass is 35.5. The van der Waals surface area contributed by atoms with Crippen molar-refractivity contribution in [3.8, 4) is 22.6 Å². The number of aryl methyl sites for hydroxylation is 1. The van der Waals surface area contributed by atoms with Crippen LogP contribution in [0.25, 0.3) is 22.0 Å². The zero-order valence-electron chi connectivity index (χ0n) is 21.7. The van der Waals surface area contributed by atoms with E-state index in [0.717, 1.165) is 37.0 Å². The van der Waals surface area contributed by atoms with Gasteiger partial charge in [-0.1, -0.05) is 29.8 Å². The summed E-state index contributed by atoms with van der Waals surface area (Å²) in [7, 11) is 4.77. The fraction of sp³-hybridized carbons (Fsp3) is 0.370. The van der Waals surface area contributed by atoms with E-state index in [1.165, 1.54) is 20.3 Å². The zero-order valence-corrected chi connectivity index (χ0v) is 23.2. The lowest BCUT2D eigenvalue weighted by Gasteiger charge is -2.34. The number of carbonyl (C=O) groups is 1. The molecule has 1 aliphatic heterocycles. The quantitative estimate of drug-likeness (QED) is 0.394. The third-order valence-electron chi connectivity index (χ3n) is 6.79. The van der Waals surface area contributed by atoms with E-state index in [-0.39, 0.29) is 21.5 Å². The molecule has 0 unspecified atom stereocenters. The van der Waals surface area contributed by atoms with Gasteiger partial charge >= 0.3 is 0 Å². The molecule has 1 fully saturated rings. The molecule has 0 radical (unpaired) electrons. The second kappa shape index (κ2) is 12.1. The van der Waals surface area contributed by atoms with Crippen molar-refractivity contribution in [3.63, 3.8) is 0 Å². The van der Waals surface area contributed by atoms with Crippen LogP contribution in [0.1, 0.15) is 6.42 Å². The minimum absolute atomic E-state index is 0.0417. The molecule has 1 aromatic carbocycles. The molecule has 0 saturated carbocycles. The molecule has 4 rings (SSSR count). The van der Waals surface area contributed by atoms with E-state index in [1.807, 2.05) is 6.07 Å². The van der Waals surface area contributed by atoms with E-state index in [4.69, 9.17) is 32.7 Å². The van der Waals surface area contributed by atoms with Gasteiger partial charge in [0.1, 0.15) is 17.3 Å². The Bertz CT molecular complexity index is 1390. The molecule has 1 aliphatic rings. The van der Waals surface area contributed by atoms with Crippen LogP contribution in [0, 0.1) is 0 Å². The van der Waals surface area contributed by atoms with E-state index < -0.39 is 0 Å². The molecule has 3 heterocycles. The second-order valence-electron chi connectivity index (χ2n) is 8.90. The number of amides is 1. The molecule has 0 bridgehead atoms. The van der Waals surface area contributed by atoms with E-state index in [2.05, 4.69) is 21.8 Å². The highest BCUT2D eigenvalue weighted by Crippen LogP contribution is 2.45. The molecular weight excluding hydrogens is 529 g/mol. The fourth-order valence-corrected chi connectivity index (χ4v) is 5.41. The van der Waals surface area contributed by atoms with Crippen molar-refractivity contribution < 1.29 is 14.3 Å². The number of hydrogen-bond donors (Lipinski definition) is 1. The molecule has 1 N–H and O–H groups in total. The van der Waals surface area contributed by atoms with Crippen LogP contribution < -0.4 is 20.3 Å². The standard InChI is InChI=1S/C27H31Cl2N5O4/c1-5-23(35)33-11-9-32(10-12-33)7-6-8-34-19-14-22(30-2)31-16-17(19)13-18(27(34)36)24-25(28)20(37-3)15-21(38-4)26(24)29/h5,13-16H,1,6-12H2,2-4H3,(H,30,31). The van der Waals surface area contributed by atoms with Crippen LogP contribution in [0.3, 0.4) is 0 Å². The van der Waals surface area contributed by atoms with E-state index >= 15 is 0 Å². The van der Waals surface area contributed by atoms with E-state index in [0.29, 0.717) is 48.1 Å². The summed E-state index contributed by atoms with van der Waals surface area (Å²) in [6.07, 6.45) is 3.80. The van der Waals surface area contributed by atoms with Crippen LogP contribution in [-0.2, 0) is 11.3 Å². The molecule has 1 amide bonds. The SMILES string of the molecule is C=CC(=O)N1CCN(CCCn2c(=O)c(-c3c(Cl)c(OC)cc(OC)c3Cl)cc3cnc(NC)cc32)CC1. The second-order valence-corrected chi connectivity index (χ2v) is 9.66. The Morgan fingerprint density at radius 3 is 2.32 bits per heavy atom. The maximum absolute atomic E-state index is 14.0. The molecule has 0 atom stereocenters. The highest BCUT2D eigenvalue weighted by Gasteiger charge is 2.23. The highest BCUT2D eigenvalue weighted by molar-refractivity contribution is 6.41. The number of aromatic nitrogens is 2. The number of carbonyl (C=O) groups excluding carboxylic acids is 1. The van der Waals surface area contributed by atoms with Crippen LogP contribution in [0.15, 0.2) is 41.8 Å². The van der Waals surface area contributed by atoms with Crippen LogP contribution in [0.5, 0.6) is 11.5 Å². The summed E-state index contributed by atoms with van der Waals surface area (Å²) < 4.78 is 12.6. The molecular formula is C27H31Cl2N5O4. The number of nitrogens with one attached hydrogen (secondary N) is 1.